The third-order valence-corrected chi connectivity index (χ3v) is 41.4. The summed E-state index contributed by atoms with van der Waals surface area (Å²) in [6.07, 6.45) is 10.2. The first-order valence-electron chi connectivity index (χ1n) is 20.1. The summed E-state index contributed by atoms with van der Waals surface area (Å²) in [4.78, 5) is 0. The van der Waals surface area contributed by atoms with Gasteiger partial charge in [-0.25, -0.2) is 0 Å². The van der Waals surface area contributed by atoms with Crippen molar-refractivity contribution in [2.75, 3.05) is 19.8 Å². The normalized spacial score (nSPS) is 15.3. The molecule has 0 rings (SSSR count). The molecule has 0 saturated heterocycles. The van der Waals surface area contributed by atoms with E-state index in [0.29, 0.717) is 6.61 Å². The number of aliphatic hydroxyl groups is 2. The number of hydrogen-bond donors (Lipinski definition) is 2. The minimum atomic E-state index is -2.65. The molecule has 1 atom stereocenters. The van der Waals surface area contributed by atoms with Gasteiger partial charge in [0.15, 0.2) is 16.6 Å². The lowest BCUT2D eigenvalue weighted by Gasteiger charge is -2.44. The zero-order valence-electron chi connectivity index (χ0n) is 37.8. The second kappa shape index (κ2) is 22.8. The van der Waals surface area contributed by atoms with Crippen LogP contribution in [0.1, 0.15) is 57.8 Å². The van der Waals surface area contributed by atoms with Gasteiger partial charge in [0.2, 0.25) is 0 Å². The van der Waals surface area contributed by atoms with E-state index >= 15 is 0 Å². The molecule has 20 heteroatoms. The van der Waals surface area contributed by atoms with E-state index < -0.39 is 82.7 Å². The molecule has 0 radical (unpaired) electrons. The molecule has 0 aromatic carbocycles. The number of aliphatic hydroxyl groups excluding tert-OH is 2. The van der Waals surface area contributed by atoms with Crippen molar-refractivity contribution >= 4 is 76.6 Å². The summed E-state index contributed by atoms with van der Waals surface area (Å²) >= 11 is 0. The molecule has 0 aliphatic carbocycles. The second-order valence-electron chi connectivity index (χ2n) is 19.3. The van der Waals surface area contributed by atoms with E-state index in [0.717, 1.165) is 18.9 Å². The van der Waals surface area contributed by atoms with E-state index in [1.807, 2.05) is 0 Å². The molecule has 0 heterocycles. The van der Waals surface area contributed by atoms with Gasteiger partial charge in [-0.15, -0.1) is 0 Å². The van der Waals surface area contributed by atoms with Gasteiger partial charge in [-0.05, 0) is 137 Å². The van der Waals surface area contributed by atoms with Crippen LogP contribution in [0, 0.1) is 0 Å². The summed E-state index contributed by atoms with van der Waals surface area (Å²) < 4.78 is 59.2. The highest BCUT2D eigenvalue weighted by Gasteiger charge is 2.49. The van der Waals surface area contributed by atoms with E-state index in [1.54, 1.807) is 0 Å². The van der Waals surface area contributed by atoms with Crippen molar-refractivity contribution in [2.45, 2.75) is 194 Å². The molecule has 53 heavy (non-hydrogen) atoms. The largest absolute Gasteiger partial charge is 0.437 e. The van der Waals surface area contributed by atoms with Crippen molar-refractivity contribution in [3.8, 4) is 0 Å². The quantitative estimate of drug-likeness (QED) is 0.0511. The number of rotatable bonds is 31. The first-order valence-corrected chi connectivity index (χ1v) is 46.3. The minimum absolute atomic E-state index is 0.220. The van der Waals surface area contributed by atoms with Crippen molar-refractivity contribution in [1.82, 2.24) is 0 Å². The van der Waals surface area contributed by atoms with Crippen LogP contribution in [-0.2, 0) is 37.7 Å². The second-order valence-corrected chi connectivity index (χ2v) is 53.7. The third kappa shape index (κ3) is 30.3. The zero-order chi connectivity index (χ0) is 41.6. The number of unbranched alkanes of at least 4 members (excludes halogenated alkanes) is 8. The van der Waals surface area contributed by atoms with Crippen molar-refractivity contribution < 1.29 is 47.9 Å². The van der Waals surface area contributed by atoms with Crippen LogP contribution in [0.3, 0.4) is 0 Å². The SMILES string of the molecule is C[Si](C)(C)O[Si](C)(C)O[Si](C)(C)O[Si](C)(C)O[Si](C)(C)O[Si](C)(C)O[Si](C)(C)O[Si](C)(C)O[Si](C)(C)CCCCCCCCCCCOCC(O)CO. The fourth-order valence-electron chi connectivity index (χ4n) is 7.42. The van der Waals surface area contributed by atoms with Crippen molar-refractivity contribution in [3.63, 3.8) is 0 Å². The minimum Gasteiger partial charge on any atom is -0.437 e. The van der Waals surface area contributed by atoms with Gasteiger partial charge in [0.05, 0.1) is 13.2 Å². The van der Waals surface area contributed by atoms with Crippen molar-refractivity contribution in [2.24, 2.45) is 0 Å². The molecule has 0 amide bonds. The summed E-state index contributed by atoms with van der Waals surface area (Å²) in [7, 11) is -21.5. The number of hydrogen-bond acceptors (Lipinski definition) is 11. The Hall–Kier alpha value is 1.51. The molecule has 0 aromatic rings. The van der Waals surface area contributed by atoms with Crippen LogP contribution in [0.4, 0.5) is 0 Å². The summed E-state index contributed by atoms with van der Waals surface area (Å²) in [5.41, 5.74) is 0. The molecule has 11 nitrogen and oxygen atoms in total. The molecule has 1 unspecified atom stereocenters. The Morgan fingerprint density at radius 2 is 0.660 bits per heavy atom. The third-order valence-electron chi connectivity index (χ3n) is 7.61. The highest BCUT2D eigenvalue weighted by Crippen LogP contribution is 2.31. The molecular formula is C33H86O11Si9. The van der Waals surface area contributed by atoms with Crippen molar-refractivity contribution in [1.29, 1.82) is 0 Å². The fourth-order valence-corrected chi connectivity index (χ4v) is 52.4. The molecule has 0 saturated carbocycles. The average molecular weight is 912 g/mol. The molecule has 0 aromatic heterocycles. The van der Waals surface area contributed by atoms with Crippen LogP contribution >= 0.6 is 0 Å². The summed E-state index contributed by atoms with van der Waals surface area (Å²) in [6, 6.07) is 1.14. The predicted molar refractivity (Wildman–Crippen MR) is 242 cm³/mol. The lowest BCUT2D eigenvalue weighted by molar-refractivity contribution is 0.00526. The maximum atomic E-state index is 9.30. The smallest absolute Gasteiger partial charge is 0.314 e. The molecular weight excluding hydrogens is 825 g/mol. The van der Waals surface area contributed by atoms with Crippen LogP contribution in [-0.4, -0.2) is 113 Å². The Morgan fingerprint density at radius 1 is 0.377 bits per heavy atom. The first-order chi connectivity index (χ1) is 23.6. The Bertz CT molecular complexity index is 1030. The monoisotopic (exact) mass is 910 g/mol. The van der Waals surface area contributed by atoms with Gasteiger partial charge >= 0.3 is 59.9 Å². The highest BCUT2D eigenvalue weighted by atomic mass is 28.5. The van der Waals surface area contributed by atoms with Crippen LogP contribution in [0.2, 0.25) is 130 Å². The highest BCUT2D eigenvalue weighted by molar-refractivity contribution is 6.92. The Balaban J connectivity index is 4.82. The lowest BCUT2D eigenvalue weighted by atomic mass is 10.1. The number of ether oxygens (including phenoxy) is 1. The van der Waals surface area contributed by atoms with Gasteiger partial charge in [0.1, 0.15) is 6.10 Å². The van der Waals surface area contributed by atoms with Crippen LogP contribution in [0.15, 0.2) is 0 Å². The standard InChI is InChI=1S/C33H86O11Si9/c1-45(2,3)37-47(6,7)39-49(10,11)41-51(14,15)43-53(18,19)44-52(16,17)42-50(12,13)40-48(8,9)38-46(4,5)30-28-26-24-22-20-21-23-25-27-29-36-32-33(35)31-34/h33-35H,20-32H2,1-19H3. The van der Waals surface area contributed by atoms with E-state index in [9.17, 15) is 5.11 Å². The Kier molecular flexibility index (Phi) is 23.4. The lowest BCUT2D eigenvalue weighted by Crippen LogP contribution is -2.62. The Morgan fingerprint density at radius 3 is 0.981 bits per heavy atom. The van der Waals surface area contributed by atoms with Crippen molar-refractivity contribution in [3.05, 3.63) is 0 Å². The van der Waals surface area contributed by atoms with E-state index in [-0.39, 0.29) is 13.2 Å². The van der Waals surface area contributed by atoms with Gasteiger partial charge in [-0.1, -0.05) is 51.4 Å². The first kappa shape index (κ1) is 54.5. The maximum Gasteiger partial charge on any atom is 0.314 e. The average Bonchev–Trinajstić information content (AvgIpc) is 2.84. The molecule has 0 spiro atoms. The van der Waals surface area contributed by atoms with Gasteiger partial charge in [-0.3, -0.25) is 0 Å². The molecule has 0 aliphatic rings. The van der Waals surface area contributed by atoms with Crippen LogP contribution in [0.25, 0.3) is 0 Å². The molecule has 0 fully saturated rings. The molecule has 2 N–H and O–H groups in total. The summed E-state index contributed by atoms with van der Waals surface area (Å²) in [6.45, 7) is 41.4. The van der Waals surface area contributed by atoms with Crippen LogP contribution in [0.5, 0.6) is 0 Å². The fraction of sp³-hybridized carbons (Fsp3) is 1.00. The summed E-state index contributed by atoms with van der Waals surface area (Å²) in [5, 5.41) is 18.1. The maximum absolute atomic E-state index is 9.30. The van der Waals surface area contributed by atoms with Gasteiger partial charge in [0.25, 0.3) is 0 Å². The van der Waals surface area contributed by atoms with Crippen LogP contribution < -0.4 is 0 Å². The topological polar surface area (TPSA) is 124 Å². The van der Waals surface area contributed by atoms with E-state index in [2.05, 4.69) is 124 Å². The molecule has 0 aliphatic heterocycles. The Labute approximate surface area is 336 Å². The molecule has 320 valence electrons. The van der Waals surface area contributed by atoms with Gasteiger partial charge in [0, 0.05) is 6.61 Å². The predicted octanol–water partition coefficient (Wildman–Crippen LogP) is 9.95. The van der Waals surface area contributed by atoms with Gasteiger partial charge in [-0.2, -0.15) is 0 Å². The zero-order valence-corrected chi connectivity index (χ0v) is 46.8. The summed E-state index contributed by atoms with van der Waals surface area (Å²) in [5.74, 6) is 0. The van der Waals surface area contributed by atoms with Gasteiger partial charge < -0.3 is 47.9 Å². The molecule has 0 bridgehead atoms. The van der Waals surface area contributed by atoms with E-state index in [4.69, 9.17) is 42.8 Å². The van der Waals surface area contributed by atoms with E-state index in [1.165, 1.54) is 44.9 Å².